The Balaban J connectivity index is 1.96. The summed E-state index contributed by atoms with van der Waals surface area (Å²) in [5, 5.41) is 9.13. The van der Waals surface area contributed by atoms with Gasteiger partial charge in [-0.15, -0.1) is 0 Å². The summed E-state index contributed by atoms with van der Waals surface area (Å²) in [5.74, 6) is 0.0248. The molecule has 1 N–H and O–H groups in total. The van der Waals surface area contributed by atoms with Crippen molar-refractivity contribution in [2.24, 2.45) is 5.92 Å². The van der Waals surface area contributed by atoms with Gasteiger partial charge in [-0.05, 0) is 17.7 Å². The lowest BCUT2D eigenvalue weighted by Gasteiger charge is -1.98. The Kier molecular flexibility index (Phi) is 3.14. The fourth-order valence-corrected chi connectivity index (χ4v) is 1.58. The number of hydrogen-bond donors (Lipinski definition) is 1. The third kappa shape index (κ3) is 2.88. The lowest BCUT2D eigenvalue weighted by molar-refractivity contribution is -0.0590. The first-order chi connectivity index (χ1) is 7.24. The van der Waals surface area contributed by atoms with Crippen molar-refractivity contribution in [3.8, 4) is 0 Å². The van der Waals surface area contributed by atoms with E-state index in [4.69, 9.17) is 9.84 Å². The smallest absolute Gasteiger partial charge is 0.155 e. The van der Waals surface area contributed by atoms with Crippen LogP contribution in [0.3, 0.4) is 0 Å². The van der Waals surface area contributed by atoms with Crippen molar-refractivity contribution in [1.29, 1.82) is 0 Å². The van der Waals surface area contributed by atoms with Crippen molar-refractivity contribution in [2.75, 3.05) is 6.61 Å². The maximum absolute atomic E-state index is 12.6. The van der Waals surface area contributed by atoms with Gasteiger partial charge in [0.1, 0.15) is 5.82 Å². The zero-order valence-electron chi connectivity index (χ0n) is 8.27. The predicted molar refractivity (Wildman–Crippen MR) is 55.5 cm³/mol. The molecule has 15 heavy (non-hydrogen) atoms. The van der Waals surface area contributed by atoms with Gasteiger partial charge in [-0.25, -0.2) is 4.39 Å². The normalized spacial score (nSPS) is 26.3. The molecule has 1 aliphatic rings. The summed E-state index contributed by atoms with van der Waals surface area (Å²) in [6.07, 6.45) is 3.92. The summed E-state index contributed by atoms with van der Waals surface area (Å²) < 4.78 is 17.6. The van der Waals surface area contributed by atoms with Crippen LogP contribution < -0.4 is 0 Å². The molecule has 2 nitrogen and oxygen atoms in total. The lowest BCUT2D eigenvalue weighted by Crippen LogP contribution is -2.00. The van der Waals surface area contributed by atoms with Crippen molar-refractivity contribution in [3.05, 3.63) is 41.7 Å². The molecule has 0 amide bonds. The van der Waals surface area contributed by atoms with E-state index >= 15 is 0 Å². The maximum atomic E-state index is 12.6. The number of hydrogen-bond acceptors (Lipinski definition) is 2. The average Bonchev–Trinajstić information content (AvgIpc) is 2.64. The van der Waals surface area contributed by atoms with Crippen LogP contribution in [0.4, 0.5) is 4.39 Å². The maximum Gasteiger partial charge on any atom is 0.155 e. The molecule has 2 rings (SSSR count). The summed E-state index contributed by atoms with van der Waals surface area (Å²) in [5.41, 5.74) is 0.956. The number of aliphatic hydroxyl groups is 1. The molecule has 0 saturated carbocycles. The topological polar surface area (TPSA) is 29.5 Å². The second-order valence-corrected chi connectivity index (χ2v) is 3.69. The number of ether oxygens (including phenoxy) is 1. The van der Waals surface area contributed by atoms with E-state index in [1.165, 1.54) is 12.1 Å². The van der Waals surface area contributed by atoms with Crippen LogP contribution in [0.2, 0.25) is 0 Å². The van der Waals surface area contributed by atoms with Gasteiger partial charge in [0.15, 0.2) is 6.29 Å². The van der Waals surface area contributed by atoms with E-state index in [0.29, 0.717) is 13.0 Å². The fraction of sp³-hybridized carbons (Fsp3) is 0.333. The van der Waals surface area contributed by atoms with Gasteiger partial charge in [-0.3, -0.25) is 0 Å². The molecule has 1 aromatic carbocycles. The first-order valence-electron chi connectivity index (χ1n) is 4.97. The van der Waals surface area contributed by atoms with Crippen molar-refractivity contribution in [1.82, 2.24) is 0 Å². The number of aliphatic hydroxyl groups excluding tert-OH is 1. The molecule has 0 bridgehead atoms. The molecule has 0 aliphatic carbocycles. The highest BCUT2D eigenvalue weighted by atomic mass is 19.1. The van der Waals surface area contributed by atoms with Gasteiger partial charge in [0.05, 0.1) is 6.61 Å². The minimum Gasteiger partial charge on any atom is -0.368 e. The van der Waals surface area contributed by atoms with Gasteiger partial charge in [0.25, 0.3) is 0 Å². The Labute approximate surface area is 88.0 Å². The van der Waals surface area contributed by atoms with Gasteiger partial charge in [0, 0.05) is 12.3 Å². The van der Waals surface area contributed by atoms with Crippen LogP contribution in [-0.4, -0.2) is 18.0 Å². The van der Waals surface area contributed by atoms with Gasteiger partial charge in [-0.1, -0.05) is 24.3 Å². The Hall–Kier alpha value is -1.19. The zero-order valence-corrected chi connectivity index (χ0v) is 8.27. The molecule has 80 valence electrons. The van der Waals surface area contributed by atoms with Crippen LogP contribution in [0.25, 0.3) is 6.08 Å². The van der Waals surface area contributed by atoms with Crippen molar-refractivity contribution >= 4 is 6.08 Å². The fourth-order valence-electron chi connectivity index (χ4n) is 1.58. The first-order valence-corrected chi connectivity index (χ1v) is 4.97. The summed E-state index contributed by atoms with van der Waals surface area (Å²) in [4.78, 5) is 0. The second kappa shape index (κ2) is 4.55. The SMILES string of the molecule is OC1C[C@H](/C=C/c2ccc(F)cc2)CO1. The first kappa shape index (κ1) is 10.3. The predicted octanol–water partition coefficient (Wildman–Crippen LogP) is 2.19. The molecule has 1 unspecified atom stereocenters. The van der Waals surface area contributed by atoms with E-state index in [1.807, 2.05) is 12.2 Å². The van der Waals surface area contributed by atoms with Crippen molar-refractivity contribution in [2.45, 2.75) is 12.7 Å². The Morgan fingerprint density at radius 3 is 2.67 bits per heavy atom. The molecule has 0 aromatic heterocycles. The van der Waals surface area contributed by atoms with E-state index in [-0.39, 0.29) is 11.7 Å². The Morgan fingerprint density at radius 2 is 2.07 bits per heavy atom. The summed E-state index contributed by atoms with van der Waals surface area (Å²) in [7, 11) is 0. The summed E-state index contributed by atoms with van der Waals surface area (Å²) in [6.45, 7) is 0.554. The van der Waals surface area contributed by atoms with Crippen molar-refractivity contribution in [3.63, 3.8) is 0 Å². The van der Waals surface area contributed by atoms with Crippen LogP contribution in [0, 0.1) is 11.7 Å². The molecule has 1 aromatic rings. The van der Waals surface area contributed by atoms with Crippen molar-refractivity contribution < 1.29 is 14.2 Å². The Morgan fingerprint density at radius 1 is 1.33 bits per heavy atom. The third-order valence-corrected chi connectivity index (χ3v) is 2.44. The van der Waals surface area contributed by atoms with Crippen LogP contribution in [0.1, 0.15) is 12.0 Å². The van der Waals surface area contributed by atoms with Crippen LogP contribution in [0.15, 0.2) is 30.3 Å². The molecule has 0 spiro atoms. The molecule has 1 heterocycles. The quantitative estimate of drug-likeness (QED) is 0.807. The number of benzene rings is 1. The highest BCUT2D eigenvalue weighted by Crippen LogP contribution is 2.19. The Bertz CT molecular complexity index is 345. The van der Waals surface area contributed by atoms with Crippen LogP contribution in [-0.2, 0) is 4.74 Å². The van der Waals surface area contributed by atoms with Crippen LogP contribution in [0.5, 0.6) is 0 Å². The lowest BCUT2D eigenvalue weighted by atomic mass is 10.1. The van der Waals surface area contributed by atoms with Gasteiger partial charge >= 0.3 is 0 Å². The number of halogens is 1. The molecular weight excluding hydrogens is 195 g/mol. The second-order valence-electron chi connectivity index (χ2n) is 3.69. The van der Waals surface area contributed by atoms with E-state index in [1.54, 1.807) is 12.1 Å². The summed E-state index contributed by atoms with van der Waals surface area (Å²) in [6, 6.07) is 6.30. The van der Waals surface area contributed by atoms with E-state index in [9.17, 15) is 4.39 Å². The zero-order chi connectivity index (χ0) is 10.7. The molecule has 3 heteroatoms. The molecule has 1 aliphatic heterocycles. The van der Waals surface area contributed by atoms with Crippen LogP contribution >= 0.6 is 0 Å². The van der Waals surface area contributed by atoms with E-state index in [0.717, 1.165) is 5.56 Å². The molecule has 0 radical (unpaired) electrons. The third-order valence-electron chi connectivity index (χ3n) is 2.44. The minimum atomic E-state index is -0.632. The average molecular weight is 208 g/mol. The monoisotopic (exact) mass is 208 g/mol. The molecule has 1 saturated heterocycles. The van der Waals surface area contributed by atoms with E-state index < -0.39 is 6.29 Å². The van der Waals surface area contributed by atoms with Gasteiger partial charge < -0.3 is 9.84 Å². The summed E-state index contributed by atoms with van der Waals surface area (Å²) >= 11 is 0. The molecule has 1 fully saturated rings. The molecule has 2 atom stereocenters. The number of rotatable bonds is 2. The minimum absolute atomic E-state index is 0.230. The largest absolute Gasteiger partial charge is 0.368 e. The highest BCUT2D eigenvalue weighted by molar-refractivity contribution is 5.49. The molecular formula is C12H13FO2. The van der Waals surface area contributed by atoms with Gasteiger partial charge in [0.2, 0.25) is 0 Å². The van der Waals surface area contributed by atoms with Gasteiger partial charge in [-0.2, -0.15) is 0 Å². The standard InChI is InChI=1S/C12H13FO2/c13-11-5-3-9(4-6-11)1-2-10-7-12(14)15-8-10/h1-6,10,12,14H,7-8H2/b2-1+/t10-,12?/m0/s1. The highest BCUT2D eigenvalue weighted by Gasteiger charge is 2.20. The van der Waals surface area contributed by atoms with E-state index in [2.05, 4.69) is 0 Å².